The molecule has 0 spiro atoms. The lowest BCUT2D eigenvalue weighted by Gasteiger charge is -2.24. The molecule has 4 unspecified atom stereocenters. The molecule has 4 atom stereocenters. The first-order chi connectivity index (χ1) is 10.0. The van der Waals surface area contributed by atoms with E-state index in [1.807, 2.05) is 19.2 Å². The molecule has 0 radical (unpaired) electrons. The van der Waals surface area contributed by atoms with Crippen LogP contribution in [0.2, 0.25) is 0 Å². The SMILES string of the molecule is CCC1CCC(n2c(C(C)Cl)nc3c(C)ccnc32)C1C. The van der Waals surface area contributed by atoms with E-state index in [0.29, 0.717) is 12.0 Å². The Labute approximate surface area is 131 Å². The standard InChI is InChI=1S/C17H24ClN3/c1-5-13-6-7-14(11(13)3)21-16(12(4)18)20-15-10(2)8-9-19-17(15)21/h8-9,11-14H,5-7H2,1-4H3. The average molecular weight is 306 g/mol. The summed E-state index contributed by atoms with van der Waals surface area (Å²) in [6, 6.07) is 2.50. The zero-order valence-corrected chi connectivity index (χ0v) is 14.1. The van der Waals surface area contributed by atoms with Gasteiger partial charge in [-0.1, -0.05) is 20.3 Å². The molecule has 0 N–H and O–H groups in total. The maximum absolute atomic E-state index is 6.42. The molecule has 3 nitrogen and oxygen atoms in total. The predicted molar refractivity (Wildman–Crippen MR) is 87.7 cm³/mol. The summed E-state index contributed by atoms with van der Waals surface area (Å²) in [5.41, 5.74) is 3.19. The molecule has 0 bridgehead atoms. The van der Waals surface area contributed by atoms with Crippen LogP contribution in [0.5, 0.6) is 0 Å². The summed E-state index contributed by atoms with van der Waals surface area (Å²) in [5, 5.41) is -0.0912. The number of pyridine rings is 1. The molecule has 21 heavy (non-hydrogen) atoms. The van der Waals surface area contributed by atoms with E-state index in [9.17, 15) is 0 Å². The van der Waals surface area contributed by atoms with Gasteiger partial charge in [0.1, 0.15) is 11.3 Å². The Morgan fingerprint density at radius 1 is 1.43 bits per heavy atom. The van der Waals surface area contributed by atoms with Crippen LogP contribution in [0.25, 0.3) is 11.2 Å². The molecular weight excluding hydrogens is 282 g/mol. The van der Waals surface area contributed by atoms with Crippen molar-refractivity contribution in [3.05, 3.63) is 23.7 Å². The van der Waals surface area contributed by atoms with E-state index in [0.717, 1.165) is 22.9 Å². The van der Waals surface area contributed by atoms with Gasteiger partial charge in [0.25, 0.3) is 0 Å². The second-order valence-corrected chi connectivity index (χ2v) is 7.08. The van der Waals surface area contributed by atoms with Crippen LogP contribution in [0.1, 0.15) is 62.8 Å². The lowest BCUT2D eigenvalue weighted by molar-refractivity contribution is 0.328. The van der Waals surface area contributed by atoms with Gasteiger partial charge >= 0.3 is 0 Å². The Morgan fingerprint density at radius 2 is 2.19 bits per heavy atom. The van der Waals surface area contributed by atoms with Crippen LogP contribution in [0, 0.1) is 18.8 Å². The molecule has 0 aromatic carbocycles. The quantitative estimate of drug-likeness (QED) is 0.744. The van der Waals surface area contributed by atoms with E-state index >= 15 is 0 Å². The molecular formula is C17H24ClN3. The number of hydrogen-bond acceptors (Lipinski definition) is 2. The van der Waals surface area contributed by atoms with Crippen molar-refractivity contribution in [1.29, 1.82) is 0 Å². The molecule has 4 heteroatoms. The number of nitrogens with zero attached hydrogens (tertiary/aromatic N) is 3. The second kappa shape index (κ2) is 5.60. The third-order valence-electron chi connectivity index (χ3n) is 5.20. The topological polar surface area (TPSA) is 30.7 Å². The summed E-state index contributed by atoms with van der Waals surface area (Å²) in [4.78, 5) is 9.43. The van der Waals surface area contributed by atoms with Gasteiger partial charge in [-0.05, 0) is 50.2 Å². The van der Waals surface area contributed by atoms with Crippen molar-refractivity contribution < 1.29 is 0 Å². The number of imidazole rings is 1. The van der Waals surface area contributed by atoms with E-state index in [1.165, 1.54) is 24.8 Å². The molecule has 2 aromatic rings. The summed E-state index contributed by atoms with van der Waals surface area (Å²) in [6.45, 7) is 8.77. The number of halogens is 1. The van der Waals surface area contributed by atoms with Crippen molar-refractivity contribution in [3.8, 4) is 0 Å². The number of aryl methyl sites for hydroxylation is 1. The van der Waals surface area contributed by atoms with Gasteiger partial charge in [0, 0.05) is 12.2 Å². The first-order valence-electron chi connectivity index (χ1n) is 8.02. The highest BCUT2D eigenvalue weighted by molar-refractivity contribution is 6.20. The molecule has 0 amide bonds. The number of fused-ring (bicyclic) bond motifs is 1. The van der Waals surface area contributed by atoms with Crippen LogP contribution >= 0.6 is 11.6 Å². The number of hydrogen-bond donors (Lipinski definition) is 0. The second-order valence-electron chi connectivity index (χ2n) is 6.43. The first kappa shape index (κ1) is 14.8. The van der Waals surface area contributed by atoms with Gasteiger partial charge in [-0.3, -0.25) is 0 Å². The van der Waals surface area contributed by atoms with Crippen molar-refractivity contribution in [3.63, 3.8) is 0 Å². The van der Waals surface area contributed by atoms with Gasteiger partial charge in [0.05, 0.1) is 5.38 Å². The van der Waals surface area contributed by atoms with Crippen molar-refractivity contribution >= 4 is 22.8 Å². The Morgan fingerprint density at radius 3 is 2.81 bits per heavy atom. The van der Waals surface area contributed by atoms with Gasteiger partial charge < -0.3 is 4.57 Å². The van der Waals surface area contributed by atoms with Crippen LogP contribution in [0.3, 0.4) is 0 Å². The van der Waals surface area contributed by atoms with Crippen LogP contribution in [-0.2, 0) is 0 Å². The average Bonchev–Trinajstić information content (AvgIpc) is 3.00. The first-order valence-corrected chi connectivity index (χ1v) is 8.45. The van der Waals surface area contributed by atoms with Crippen molar-refractivity contribution in [2.45, 2.75) is 58.4 Å². The zero-order chi connectivity index (χ0) is 15.1. The van der Waals surface area contributed by atoms with Crippen LogP contribution in [0.4, 0.5) is 0 Å². The lowest BCUT2D eigenvalue weighted by Crippen LogP contribution is -2.18. The third kappa shape index (κ3) is 2.36. The number of rotatable bonds is 3. The molecule has 3 rings (SSSR count). The molecule has 114 valence electrons. The molecule has 1 saturated carbocycles. The molecule has 2 aromatic heterocycles. The zero-order valence-electron chi connectivity index (χ0n) is 13.3. The summed E-state index contributed by atoms with van der Waals surface area (Å²) < 4.78 is 2.33. The Balaban J connectivity index is 2.17. The predicted octanol–water partition coefficient (Wildman–Crippen LogP) is 5.04. The summed E-state index contributed by atoms with van der Waals surface area (Å²) in [7, 11) is 0. The van der Waals surface area contributed by atoms with Gasteiger partial charge in [0.2, 0.25) is 0 Å². The van der Waals surface area contributed by atoms with Gasteiger partial charge in [-0.15, -0.1) is 11.6 Å². The van der Waals surface area contributed by atoms with Gasteiger partial charge in [-0.2, -0.15) is 0 Å². The summed E-state index contributed by atoms with van der Waals surface area (Å²) >= 11 is 6.42. The molecule has 1 aliphatic rings. The van der Waals surface area contributed by atoms with Crippen LogP contribution in [-0.4, -0.2) is 14.5 Å². The Hall–Kier alpha value is -1.09. The maximum atomic E-state index is 6.42. The van der Waals surface area contributed by atoms with Gasteiger partial charge in [-0.25, -0.2) is 9.97 Å². The third-order valence-corrected chi connectivity index (χ3v) is 5.40. The molecule has 1 fully saturated rings. The van der Waals surface area contributed by atoms with E-state index in [1.54, 1.807) is 0 Å². The number of alkyl halides is 1. The summed E-state index contributed by atoms with van der Waals surface area (Å²) in [5.74, 6) is 2.43. The highest BCUT2D eigenvalue weighted by atomic mass is 35.5. The fourth-order valence-electron chi connectivity index (χ4n) is 3.90. The van der Waals surface area contributed by atoms with Crippen molar-refractivity contribution in [1.82, 2.24) is 14.5 Å². The van der Waals surface area contributed by atoms with Crippen molar-refractivity contribution in [2.24, 2.45) is 11.8 Å². The highest BCUT2D eigenvalue weighted by Gasteiger charge is 2.35. The van der Waals surface area contributed by atoms with E-state index in [2.05, 4.69) is 30.3 Å². The van der Waals surface area contributed by atoms with Crippen LogP contribution < -0.4 is 0 Å². The van der Waals surface area contributed by atoms with Gasteiger partial charge in [0.15, 0.2) is 5.65 Å². The maximum Gasteiger partial charge on any atom is 0.160 e. The fraction of sp³-hybridized carbons (Fsp3) is 0.647. The van der Waals surface area contributed by atoms with Crippen LogP contribution in [0.15, 0.2) is 12.3 Å². The number of aromatic nitrogens is 3. The Kier molecular flexibility index (Phi) is 3.96. The van der Waals surface area contributed by atoms with E-state index < -0.39 is 0 Å². The van der Waals surface area contributed by atoms with Crippen molar-refractivity contribution in [2.75, 3.05) is 0 Å². The molecule has 2 heterocycles. The minimum Gasteiger partial charge on any atom is -0.308 e. The minimum absolute atomic E-state index is 0.0912. The largest absolute Gasteiger partial charge is 0.308 e. The molecule has 1 aliphatic carbocycles. The fourth-order valence-corrected chi connectivity index (χ4v) is 4.05. The molecule has 0 saturated heterocycles. The lowest BCUT2D eigenvalue weighted by atomic mass is 9.93. The Bertz CT molecular complexity index is 647. The van der Waals surface area contributed by atoms with E-state index in [-0.39, 0.29) is 5.38 Å². The highest BCUT2D eigenvalue weighted by Crippen LogP contribution is 2.44. The smallest absolute Gasteiger partial charge is 0.160 e. The van der Waals surface area contributed by atoms with E-state index in [4.69, 9.17) is 16.6 Å². The normalized spacial score (nSPS) is 27.4. The molecule has 0 aliphatic heterocycles. The summed E-state index contributed by atoms with van der Waals surface area (Å²) in [6.07, 6.45) is 5.64. The monoisotopic (exact) mass is 305 g/mol. The minimum atomic E-state index is -0.0912.